The minimum Gasteiger partial charge on any atom is -0.444 e. The average Bonchev–Trinajstić information content (AvgIpc) is 3.10. The van der Waals surface area contributed by atoms with E-state index in [2.05, 4.69) is 0 Å². The maximum absolute atomic E-state index is 14.0. The summed E-state index contributed by atoms with van der Waals surface area (Å²) in [6.07, 6.45) is 3.97. The molecule has 0 heterocycles. The molecule has 0 N–H and O–H groups in total. The molecule has 0 fully saturated rings. The monoisotopic (exact) mass is 783 g/mol. The number of anilines is 2. The SMILES string of the molecule is CSc1ccc(N(CCCN(CCCN(c2ccc(SC)cc2)S(=O)(=O)c2ccc(C)cc2)C(=O)OC(C)(C)C)S(=O)(=O)c2ccc(C)cc2)cc1. The molecule has 13 heteroatoms. The van der Waals surface area contributed by atoms with Crippen molar-refractivity contribution < 1.29 is 26.4 Å². The number of amides is 1. The first-order valence-corrected chi connectivity index (χ1v) is 22.3. The highest BCUT2D eigenvalue weighted by molar-refractivity contribution is 7.98. The van der Waals surface area contributed by atoms with Crippen molar-refractivity contribution in [2.24, 2.45) is 0 Å². The summed E-state index contributed by atoms with van der Waals surface area (Å²) in [7, 11) is -7.86. The first kappa shape index (κ1) is 41.1. The summed E-state index contributed by atoms with van der Waals surface area (Å²) in [5.74, 6) is 0. The number of hydrogen-bond donors (Lipinski definition) is 0. The standard InChI is InChI=1S/C39H49N3O6S4/c1-30-10-22-36(23-11-30)51(44,45)41(32-14-18-34(49-6)19-15-32)28-8-26-40(38(43)48-39(3,4)5)27-9-29-42(33-16-20-35(50-7)21-17-33)52(46,47)37-24-12-31(2)13-25-37/h10-25H,8-9,26-29H2,1-7H3. The zero-order valence-electron chi connectivity index (χ0n) is 30.9. The van der Waals surface area contributed by atoms with E-state index in [1.165, 1.54) is 13.5 Å². The molecule has 9 nitrogen and oxygen atoms in total. The van der Waals surface area contributed by atoms with E-state index in [1.807, 2.05) is 50.6 Å². The van der Waals surface area contributed by atoms with E-state index in [4.69, 9.17) is 4.74 Å². The largest absolute Gasteiger partial charge is 0.444 e. The Hall–Kier alpha value is -3.65. The van der Waals surface area contributed by atoms with Gasteiger partial charge in [0, 0.05) is 36.0 Å². The molecule has 0 spiro atoms. The highest BCUT2D eigenvalue weighted by Gasteiger charge is 2.28. The quantitative estimate of drug-likeness (QED) is 0.104. The molecule has 1 amide bonds. The highest BCUT2D eigenvalue weighted by Crippen LogP contribution is 2.29. The summed E-state index contributed by atoms with van der Waals surface area (Å²) in [5, 5.41) is 0. The molecule has 0 saturated heterocycles. The van der Waals surface area contributed by atoms with Gasteiger partial charge in [-0.1, -0.05) is 35.4 Å². The van der Waals surface area contributed by atoms with Gasteiger partial charge in [-0.15, -0.1) is 23.5 Å². The van der Waals surface area contributed by atoms with Crippen LogP contribution in [0.5, 0.6) is 0 Å². The van der Waals surface area contributed by atoms with Gasteiger partial charge >= 0.3 is 6.09 Å². The molecule has 0 unspecified atom stereocenters. The lowest BCUT2D eigenvalue weighted by Crippen LogP contribution is -2.41. The van der Waals surface area contributed by atoms with E-state index in [9.17, 15) is 21.6 Å². The van der Waals surface area contributed by atoms with E-state index >= 15 is 0 Å². The van der Waals surface area contributed by atoms with Crippen molar-refractivity contribution in [2.45, 2.75) is 72.6 Å². The van der Waals surface area contributed by atoms with Gasteiger partial charge in [-0.2, -0.15) is 0 Å². The molecule has 4 aromatic carbocycles. The van der Waals surface area contributed by atoms with E-state index < -0.39 is 31.7 Å². The fourth-order valence-electron chi connectivity index (χ4n) is 5.38. The van der Waals surface area contributed by atoms with Gasteiger partial charge in [-0.3, -0.25) is 8.61 Å². The smallest absolute Gasteiger partial charge is 0.410 e. The lowest BCUT2D eigenvalue weighted by Gasteiger charge is -2.30. The number of hydrogen-bond acceptors (Lipinski definition) is 8. The van der Waals surface area contributed by atoms with Crippen molar-refractivity contribution in [3.63, 3.8) is 0 Å². The fraction of sp³-hybridized carbons (Fsp3) is 0.359. The van der Waals surface area contributed by atoms with E-state index in [-0.39, 0.29) is 36.0 Å². The average molecular weight is 784 g/mol. The number of aryl methyl sites for hydroxylation is 2. The molecule has 0 bridgehead atoms. The molecule has 0 aliphatic carbocycles. The predicted octanol–water partition coefficient (Wildman–Crippen LogP) is 8.86. The molecule has 0 saturated carbocycles. The van der Waals surface area contributed by atoms with E-state index in [1.54, 1.807) is 117 Å². The zero-order chi connectivity index (χ0) is 38.1. The van der Waals surface area contributed by atoms with Crippen molar-refractivity contribution in [1.82, 2.24) is 4.90 Å². The van der Waals surface area contributed by atoms with Crippen LogP contribution < -0.4 is 8.61 Å². The van der Waals surface area contributed by atoms with Crippen molar-refractivity contribution in [2.75, 3.05) is 47.3 Å². The van der Waals surface area contributed by atoms with Gasteiger partial charge in [0.25, 0.3) is 20.0 Å². The van der Waals surface area contributed by atoms with Crippen LogP contribution in [0.2, 0.25) is 0 Å². The van der Waals surface area contributed by atoms with Crippen LogP contribution in [0.25, 0.3) is 0 Å². The van der Waals surface area contributed by atoms with Gasteiger partial charge in [0.1, 0.15) is 5.60 Å². The summed E-state index contributed by atoms with van der Waals surface area (Å²) in [6.45, 7) is 9.73. The molecule has 280 valence electrons. The number of ether oxygens (including phenoxy) is 1. The summed E-state index contributed by atoms with van der Waals surface area (Å²) < 4.78 is 64.5. The lowest BCUT2D eigenvalue weighted by atomic mass is 10.2. The Bertz CT molecular complexity index is 1850. The summed E-state index contributed by atoms with van der Waals surface area (Å²) in [4.78, 5) is 17.4. The molecule has 4 rings (SSSR count). The first-order valence-electron chi connectivity index (χ1n) is 17.0. The second-order valence-corrected chi connectivity index (χ2v) is 18.8. The summed E-state index contributed by atoms with van der Waals surface area (Å²) >= 11 is 3.13. The molecule has 0 radical (unpaired) electrons. The van der Waals surface area contributed by atoms with Crippen LogP contribution in [0.3, 0.4) is 0 Å². The number of benzene rings is 4. The molecule has 0 aromatic heterocycles. The number of rotatable bonds is 16. The van der Waals surface area contributed by atoms with Gasteiger partial charge in [-0.25, -0.2) is 21.6 Å². The first-order chi connectivity index (χ1) is 24.5. The van der Waals surface area contributed by atoms with Crippen LogP contribution in [-0.4, -0.2) is 72.1 Å². The molecule has 52 heavy (non-hydrogen) atoms. The van der Waals surface area contributed by atoms with Crippen LogP contribution in [0, 0.1) is 13.8 Å². The normalized spacial score (nSPS) is 12.0. The maximum Gasteiger partial charge on any atom is 0.410 e. The predicted molar refractivity (Wildman–Crippen MR) is 215 cm³/mol. The molecular formula is C39H49N3O6S4. The fourth-order valence-corrected chi connectivity index (χ4v) is 9.20. The summed E-state index contributed by atoms with van der Waals surface area (Å²) in [6, 6.07) is 28.2. The zero-order valence-corrected chi connectivity index (χ0v) is 34.2. The number of carbonyl (C=O) groups is 1. The summed E-state index contributed by atoms with van der Waals surface area (Å²) in [5.41, 5.74) is 2.17. The third-order valence-electron chi connectivity index (χ3n) is 8.17. The second kappa shape index (κ2) is 17.9. The third kappa shape index (κ3) is 10.9. The van der Waals surface area contributed by atoms with Gasteiger partial charge in [0.2, 0.25) is 0 Å². The van der Waals surface area contributed by atoms with E-state index in [0.717, 1.165) is 20.9 Å². The van der Waals surface area contributed by atoms with E-state index in [0.29, 0.717) is 24.2 Å². The number of carbonyl (C=O) groups excluding carboxylic acids is 1. The van der Waals surface area contributed by atoms with Crippen molar-refractivity contribution >= 4 is 61.0 Å². The Kier molecular flexibility index (Phi) is 14.2. The minimum atomic E-state index is -3.93. The van der Waals surface area contributed by atoms with Crippen LogP contribution in [0.4, 0.5) is 16.2 Å². The number of thioether (sulfide) groups is 2. The Balaban J connectivity index is 1.58. The Labute approximate surface area is 318 Å². The Morgan fingerprint density at radius 1 is 0.577 bits per heavy atom. The van der Waals surface area contributed by atoms with Crippen molar-refractivity contribution in [3.05, 3.63) is 108 Å². The third-order valence-corrected chi connectivity index (χ3v) is 13.3. The van der Waals surface area contributed by atoms with Gasteiger partial charge in [-0.05, 0) is 133 Å². The molecule has 0 aliphatic heterocycles. The van der Waals surface area contributed by atoms with Gasteiger partial charge < -0.3 is 9.64 Å². The number of sulfonamides is 2. The lowest BCUT2D eigenvalue weighted by molar-refractivity contribution is 0.0248. The second-order valence-electron chi connectivity index (χ2n) is 13.4. The number of nitrogens with zero attached hydrogens (tertiary/aromatic N) is 3. The topological polar surface area (TPSA) is 104 Å². The maximum atomic E-state index is 14.0. The van der Waals surface area contributed by atoms with Crippen molar-refractivity contribution in [3.8, 4) is 0 Å². The van der Waals surface area contributed by atoms with Gasteiger partial charge in [0.05, 0.1) is 21.2 Å². The van der Waals surface area contributed by atoms with Gasteiger partial charge in [0.15, 0.2) is 0 Å². The molecule has 4 aromatic rings. The van der Waals surface area contributed by atoms with Crippen LogP contribution >= 0.6 is 23.5 Å². The Morgan fingerprint density at radius 2 is 0.923 bits per heavy atom. The minimum absolute atomic E-state index is 0.101. The van der Waals surface area contributed by atoms with Crippen LogP contribution in [-0.2, 0) is 24.8 Å². The van der Waals surface area contributed by atoms with Crippen LogP contribution in [0.15, 0.2) is 117 Å². The van der Waals surface area contributed by atoms with Crippen molar-refractivity contribution in [1.29, 1.82) is 0 Å². The molecule has 0 atom stereocenters. The molecule has 0 aliphatic rings. The Morgan fingerprint density at radius 3 is 1.23 bits per heavy atom. The highest BCUT2D eigenvalue weighted by atomic mass is 32.2. The molecular weight excluding hydrogens is 735 g/mol. The van der Waals surface area contributed by atoms with Crippen LogP contribution in [0.1, 0.15) is 44.7 Å².